The van der Waals surface area contributed by atoms with Crippen molar-refractivity contribution in [3.8, 4) is 16.1 Å². The zero-order valence-corrected chi connectivity index (χ0v) is 17.0. The molecule has 0 aliphatic carbocycles. The molecule has 0 bridgehead atoms. The van der Waals surface area contributed by atoms with Gasteiger partial charge in [0.2, 0.25) is 5.91 Å². The first kappa shape index (κ1) is 19.7. The number of benzene rings is 2. The zero-order chi connectivity index (χ0) is 20.9. The third kappa shape index (κ3) is 4.69. The molecular formula is C23H19FN4OS. The van der Waals surface area contributed by atoms with Crippen LogP contribution in [0.3, 0.4) is 0 Å². The highest BCUT2D eigenvalue weighted by Crippen LogP contribution is 2.29. The molecule has 1 atom stereocenters. The minimum absolute atomic E-state index is 0.134. The summed E-state index contributed by atoms with van der Waals surface area (Å²) in [6, 6.07) is 17.9. The smallest absolute Gasteiger partial charge is 0.244 e. The number of nitrogens with zero attached hydrogens (tertiary/aromatic N) is 3. The Morgan fingerprint density at radius 3 is 2.57 bits per heavy atom. The zero-order valence-electron chi connectivity index (χ0n) is 16.2. The molecule has 0 fully saturated rings. The van der Waals surface area contributed by atoms with Crippen LogP contribution in [0.25, 0.3) is 22.2 Å². The number of rotatable bonds is 6. The summed E-state index contributed by atoms with van der Waals surface area (Å²) in [6.45, 7) is 1.94. The van der Waals surface area contributed by atoms with E-state index in [2.05, 4.69) is 15.4 Å². The predicted molar refractivity (Wildman–Crippen MR) is 117 cm³/mol. The lowest BCUT2D eigenvalue weighted by molar-refractivity contribution is -0.117. The summed E-state index contributed by atoms with van der Waals surface area (Å²) < 4.78 is 14.7. The van der Waals surface area contributed by atoms with Gasteiger partial charge < -0.3 is 5.32 Å². The lowest BCUT2D eigenvalue weighted by atomic mass is 10.1. The van der Waals surface area contributed by atoms with Crippen LogP contribution in [-0.4, -0.2) is 20.7 Å². The molecule has 1 amide bonds. The number of aromatic nitrogens is 3. The Balaban J connectivity index is 1.36. The van der Waals surface area contributed by atoms with Gasteiger partial charge in [0.1, 0.15) is 18.5 Å². The summed E-state index contributed by atoms with van der Waals surface area (Å²) in [4.78, 5) is 18.2. The van der Waals surface area contributed by atoms with E-state index in [0.717, 1.165) is 26.6 Å². The molecule has 0 aliphatic rings. The fourth-order valence-corrected chi connectivity index (χ4v) is 3.89. The van der Waals surface area contributed by atoms with E-state index in [1.54, 1.807) is 40.6 Å². The Bertz CT molecular complexity index is 1150. The summed E-state index contributed by atoms with van der Waals surface area (Å²) in [6.07, 6.45) is 6.44. The van der Waals surface area contributed by atoms with Gasteiger partial charge in [-0.2, -0.15) is 5.10 Å². The van der Waals surface area contributed by atoms with Crippen LogP contribution >= 0.6 is 11.3 Å². The topological polar surface area (TPSA) is 59.8 Å². The molecule has 7 heteroatoms. The maximum atomic E-state index is 13.1. The van der Waals surface area contributed by atoms with Gasteiger partial charge in [-0.15, -0.1) is 11.3 Å². The number of halogens is 1. The Kier molecular flexibility index (Phi) is 5.81. The van der Waals surface area contributed by atoms with Gasteiger partial charge in [-0.05, 0) is 60.5 Å². The molecule has 2 heterocycles. The number of amides is 1. The maximum absolute atomic E-state index is 13.1. The number of hydrogen-bond acceptors (Lipinski definition) is 4. The lowest BCUT2D eigenvalue weighted by Gasteiger charge is -2.13. The number of carbonyl (C=O) groups is 1. The molecule has 4 rings (SSSR count). The molecule has 0 saturated heterocycles. The second-order valence-electron chi connectivity index (χ2n) is 6.70. The first-order chi connectivity index (χ1) is 14.6. The van der Waals surface area contributed by atoms with Crippen molar-refractivity contribution < 1.29 is 9.18 Å². The molecular weight excluding hydrogens is 399 g/mol. The van der Waals surface area contributed by atoms with E-state index in [-0.39, 0.29) is 17.8 Å². The van der Waals surface area contributed by atoms with Crippen molar-refractivity contribution in [3.05, 3.63) is 95.7 Å². The highest BCUT2D eigenvalue weighted by molar-refractivity contribution is 7.16. The first-order valence-electron chi connectivity index (χ1n) is 9.38. The maximum Gasteiger partial charge on any atom is 0.244 e. The largest absolute Gasteiger partial charge is 0.346 e. The van der Waals surface area contributed by atoms with Gasteiger partial charge in [-0.25, -0.2) is 14.1 Å². The van der Waals surface area contributed by atoms with Crippen LogP contribution in [0.5, 0.6) is 0 Å². The van der Waals surface area contributed by atoms with Gasteiger partial charge in [-0.3, -0.25) is 4.79 Å². The Morgan fingerprint density at radius 2 is 1.87 bits per heavy atom. The predicted octanol–water partition coefficient (Wildman–Crippen LogP) is 5.03. The molecule has 1 N–H and O–H groups in total. The average Bonchev–Trinajstić information content (AvgIpc) is 3.45. The molecule has 30 heavy (non-hydrogen) atoms. The van der Waals surface area contributed by atoms with Crippen LogP contribution < -0.4 is 5.32 Å². The van der Waals surface area contributed by atoms with E-state index < -0.39 is 0 Å². The minimum Gasteiger partial charge on any atom is -0.346 e. The molecule has 5 nitrogen and oxygen atoms in total. The Morgan fingerprint density at radius 1 is 1.10 bits per heavy atom. The van der Waals surface area contributed by atoms with Crippen LogP contribution in [0.2, 0.25) is 0 Å². The molecule has 0 aliphatic heterocycles. The van der Waals surface area contributed by atoms with E-state index in [1.807, 2.05) is 43.3 Å². The first-order valence-corrected chi connectivity index (χ1v) is 10.2. The monoisotopic (exact) mass is 418 g/mol. The quantitative estimate of drug-likeness (QED) is 0.447. The van der Waals surface area contributed by atoms with Gasteiger partial charge in [0.15, 0.2) is 0 Å². The average molecular weight is 418 g/mol. The van der Waals surface area contributed by atoms with Gasteiger partial charge in [0.05, 0.1) is 11.7 Å². The van der Waals surface area contributed by atoms with Crippen LogP contribution in [0.1, 0.15) is 23.4 Å². The lowest BCUT2D eigenvalue weighted by Crippen LogP contribution is -2.24. The fourth-order valence-electron chi connectivity index (χ4n) is 2.97. The van der Waals surface area contributed by atoms with Crippen molar-refractivity contribution in [2.75, 3.05) is 0 Å². The Hall–Kier alpha value is -3.58. The van der Waals surface area contributed by atoms with E-state index in [1.165, 1.54) is 24.5 Å². The SMILES string of the molecule is CC(NC(=O)/C=C/c1ccc(-c2ccc(F)cc2)s1)c1ccc(-n2cncn2)cc1. The minimum atomic E-state index is -0.255. The van der Waals surface area contributed by atoms with Gasteiger partial charge in [0.25, 0.3) is 0 Å². The molecule has 1 unspecified atom stereocenters. The van der Waals surface area contributed by atoms with Crippen LogP contribution in [0.15, 0.2) is 79.4 Å². The van der Waals surface area contributed by atoms with Gasteiger partial charge in [0, 0.05) is 15.8 Å². The second-order valence-corrected chi connectivity index (χ2v) is 7.82. The highest BCUT2D eigenvalue weighted by atomic mass is 32.1. The molecule has 150 valence electrons. The van der Waals surface area contributed by atoms with Crippen molar-refractivity contribution in [2.45, 2.75) is 13.0 Å². The number of nitrogens with one attached hydrogen (secondary N) is 1. The third-order valence-electron chi connectivity index (χ3n) is 4.59. The molecule has 2 aromatic heterocycles. The van der Waals surface area contributed by atoms with Crippen LogP contribution in [0.4, 0.5) is 4.39 Å². The number of carbonyl (C=O) groups excluding carboxylic acids is 1. The summed E-state index contributed by atoms with van der Waals surface area (Å²) in [5.41, 5.74) is 2.85. The van der Waals surface area contributed by atoms with Crippen molar-refractivity contribution in [2.24, 2.45) is 0 Å². The Labute approximate surface area is 177 Å². The van der Waals surface area contributed by atoms with Crippen LogP contribution in [-0.2, 0) is 4.79 Å². The van der Waals surface area contributed by atoms with Crippen molar-refractivity contribution in [1.82, 2.24) is 20.1 Å². The molecule has 0 spiro atoms. The van der Waals surface area contributed by atoms with E-state index in [4.69, 9.17) is 0 Å². The number of hydrogen-bond donors (Lipinski definition) is 1. The number of thiophene rings is 1. The third-order valence-corrected chi connectivity index (χ3v) is 5.69. The molecule has 2 aromatic carbocycles. The molecule has 0 radical (unpaired) electrons. The van der Waals surface area contributed by atoms with Gasteiger partial charge in [-0.1, -0.05) is 24.3 Å². The summed E-state index contributed by atoms with van der Waals surface area (Å²) in [7, 11) is 0. The van der Waals surface area contributed by atoms with Crippen molar-refractivity contribution in [1.29, 1.82) is 0 Å². The van der Waals surface area contributed by atoms with Crippen LogP contribution in [0, 0.1) is 5.82 Å². The van der Waals surface area contributed by atoms with Gasteiger partial charge >= 0.3 is 0 Å². The van der Waals surface area contributed by atoms with E-state index in [0.29, 0.717) is 0 Å². The highest BCUT2D eigenvalue weighted by Gasteiger charge is 2.08. The second kappa shape index (κ2) is 8.84. The van der Waals surface area contributed by atoms with Crippen molar-refractivity contribution >= 4 is 23.3 Å². The summed E-state index contributed by atoms with van der Waals surface area (Å²) >= 11 is 1.55. The molecule has 0 saturated carbocycles. The normalized spacial score (nSPS) is 12.2. The molecule has 4 aromatic rings. The summed E-state index contributed by atoms with van der Waals surface area (Å²) in [5, 5.41) is 7.07. The standard InChI is InChI=1S/C23H19FN4OS/c1-16(17-4-8-20(9-5-17)28-15-25-14-26-28)27-23(29)13-11-21-10-12-22(30-21)18-2-6-19(24)7-3-18/h2-16H,1H3,(H,27,29)/b13-11+. The fraction of sp³-hybridized carbons (Fsp3) is 0.0870. The summed E-state index contributed by atoms with van der Waals surface area (Å²) in [5.74, 6) is -0.422. The van der Waals surface area contributed by atoms with E-state index in [9.17, 15) is 9.18 Å². The van der Waals surface area contributed by atoms with Crippen molar-refractivity contribution in [3.63, 3.8) is 0 Å². The van der Waals surface area contributed by atoms with E-state index >= 15 is 0 Å².